The van der Waals surface area contributed by atoms with Crippen LogP contribution in [0.4, 0.5) is 11.4 Å². The van der Waals surface area contributed by atoms with Crippen LogP contribution in [0.2, 0.25) is 0 Å². The number of benzene rings is 3. The molecule has 0 aromatic heterocycles. The highest BCUT2D eigenvalue weighted by atomic mass is 16.1. The van der Waals surface area contributed by atoms with Crippen molar-refractivity contribution < 1.29 is 4.79 Å². The van der Waals surface area contributed by atoms with Crippen molar-refractivity contribution in [3.63, 3.8) is 0 Å². The van der Waals surface area contributed by atoms with Gasteiger partial charge in [0.25, 0.3) is 0 Å². The Balaban J connectivity index is 2.03. The first-order valence-corrected chi connectivity index (χ1v) is 8.24. The van der Waals surface area contributed by atoms with Gasteiger partial charge in [-0.15, -0.1) is 5.11 Å². The molecule has 0 bridgehead atoms. The predicted molar refractivity (Wildman–Crippen MR) is 102 cm³/mol. The van der Waals surface area contributed by atoms with E-state index in [1.165, 1.54) is 0 Å². The summed E-state index contributed by atoms with van der Waals surface area (Å²) in [5.74, 6) is 0.0651. The van der Waals surface area contributed by atoms with Gasteiger partial charge in [-0.05, 0) is 43.5 Å². The number of hydrogen-bond donors (Lipinski definition) is 0. The summed E-state index contributed by atoms with van der Waals surface area (Å²) in [5, 5.41) is 8.97. The number of carbonyl (C=O) groups is 1. The Kier molecular flexibility index (Phi) is 4.85. The van der Waals surface area contributed by atoms with Gasteiger partial charge >= 0.3 is 0 Å². The van der Waals surface area contributed by atoms with Crippen LogP contribution in [-0.2, 0) is 0 Å². The minimum atomic E-state index is 0.0651. The molecular formula is C22H20N2O. The fourth-order valence-corrected chi connectivity index (χ4v) is 2.69. The fraction of sp³-hybridized carbons (Fsp3) is 0.136. The highest BCUT2D eigenvalue weighted by Crippen LogP contribution is 2.34. The fourth-order valence-electron chi connectivity index (χ4n) is 2.69. The van der Waals surface area contributed by atoms with E-state index >= 15 is 0 Å². The molecule has 0 heterocycles. The lowest BCUT2D eigenvalue weighted by Gasteiger charge is -2.09. The molecule has 124 valence electrons. The summed E-state index contributed by atoms with van der Waals surface area (Å²) in [4.78, 5) is 11.5. The molecule has 0 spiro atoms. The molecule has 3 heteroatoms. The standard InChI is InChI=1S/C22H20N2O/c1-15-7-4-5-10-21(15)23-24-22-16(2)8-6-9-20(22)19-13-11-18(12-14-19)17(3)25/h4-14H,1-3H3. The van der Waals surface area contributed by atoms with Crippen molar-refractivity contribution in [3.05, 3.63) is 83.4 Å². The Bertz CT molecular complexity index is 940. The maximum Gasteiger partial charge on any atom is 0.159 e. The predicted octanol–water partition coefficient (Wildman–Crippen LogP) is 6.59. The monoisotopic (exact) mass is 328 g/mol. The van der Waals surface area contributed by atoms with Crippen LogP contribution in [0.15, 0.2) is 77.0 Å². The van der Waals surface area contributed by atoms with Crippen LogP contribution in [0, 0.1) is 13.8 Å². The van der Waals surface area contributed by atoms with Crippen molar-refractivity contribution in [2.45, 2.75) is 20.8 Å². The number of Topliss-reactive ketones (excluding diaryl/α,β-unsaturated/α-hetero) is 1. The zero-order chi connectivity index (χ0) is 17.8. The van der Waals surface area contributed by atoms with Gasteiger partial charge in [-0.1, -0.05) is 60.7 Å². The van der Waals surface area contributed by atoms with Gasteiger partial charge in [0.15, 0.2) is 5.78 Å². The summed E-state index contributed by atoms with van der Waals surface area (Å²) >= 11 is 0. The Morgan fingerprint density at radius 1 is 0.760 bits per heavy atom. The van der Waals surface area contributed by atoms with E-state index in [0.29, 0.717) is 5.56 Å². The van der Waals surface area contributed by atoms with E-state index in [1.807, 2.05) is 80.6 Å². The lowest BCUT2D eigenvalue weighted by atomic mass is 9.99. The van der Waals surface area contributed by atoms with Gasteiger partial charge in [-0.3, -0.25) is 4.79 Å². The van der Waals surface area contributed by atoms with Gasteiger partial charge in [0.2, 0.25) is 0 Å². The SMILES string of the molecule is CC(=O)c1ccc(-c2cccc(C)c2N=Nc2ccccc2C)cc1. The molecule has 0 aliphatic heterocycles. The highest BCUT2D eigenvalue weighted by molar-refractivity contribution is 5.94. The van der Waals surface area contributed by atoms with E-state index in [9.17, 15) is 4.79 Å². The maximum atomic E-state index is 11.5. The summed E-state index contributed by atoms with van der Waals surface area (Å²) in [7, 11) is 0. The number of carbonyl (C=O) groups excluding carboxylic acids is 1. The number of aryl methyl sites for hydroxylation is 2. The molecule has 3 aromatic rings. The summed E-state index contributed by atoms with van der Waals surface area (Å²) in [5.41, 5.74) is 6.60. The summed E-state index contributed by atoms with van der Waals surface area (Å²) in [6.45, 7) is 5.62. The number of azo groups is 1. The van der Waals surface area contributed by atoms with Crippen molar-refractivity contribution in [1.29, 1.82) is 0 Å². The Labute approximate surface area is 148 Å². The maximum absolute atomic E-state index is 11.5. The molecule has 0 atom stereocenters. The third-order valence-corrected chi connectivity index (χ3v) is 4.21. The van der Waals surface area contributed by atoms with Gasteiger partial charge in [0.1, 0.15) is 0 Å². The van der Waals surface area contributed by atoms with Crippen molar-refractivity contribution in [3.8, 4) is 11.1 Å². The molecule has 0 unspecified atom stereocenters. The van der Waals surface area contributed by atoms with Crippen LogP contribution >= 0.6 is 0 Å². The molecule has 0 saturated carbocycles. The lowest BCUT2D eigenvalue weighted by Crippen LogP contribution is -1.91. The van der Waals surface area contributed by atoms with Crippen molar-refractivity contribution >= 4 is 17.2 Å². The first-order chi connectivity index (χ1) is 12.1. The zero-order valence-corrected chi connectivity index (χ0v) is 14.7. The van der Waals surface area contributed by atoms with Crippen LogP contribution in [0.25, 0.3) is 11.1 Å². The van der Waals surface area contributed by atoms with Gasteiger partial charge < -0.3 is 0 Å². The molecule has 3 nitrogen and oxygen atoms in total. The molecule has 0 fully saturated rings. The molecule has 25 heavy (non-hydrogen) atoms. The normalized spacial score (nSPS) is 11.0. The lowest BCUT2D eigenvalue weighted by molar-refractivity contribution is 0.101. The van der Waals surface area contributed by atoms with Gasteiger partial charge in [0, 0.05) is 11.1 Å². The van der Waals surface area contributed by atoms with E-state index in [4.69, 9.17) is 0 Å². The third-order valence-electron chi connectivity index (χ3n) is 4.21. The quantitative estimate of drug-likeness (QED) is 0.393. The first-order valence-electron chi connectivity index (χ1n) is 8.24. The smallest absolute Gasteiger partial charge is 0.159 e. The van der Waals surface area contributed by atoms with Crippen LogP contribution in [-0.4, -0.2) is 5.78 Å². The van der Waals surface area contributed by atoms with Crippen molar-refractivity contribution in [2.24, 2.45) is 10.2 Å². The molecule has 0 saturated heterocycles. The Morgan fingerprint density at radius 3 is 2.12 bits per heavy atom. The van der Waals surface area contributed by atoms with E-state index in [-0.39, 0.29) is 5.78 Å². The van der Waals surface area contributed by atoms with E-state index in [1.54, 1.807) is 6.92 Å². The van der Waals surface area contributed by atoms with Crippen LogP contribution in [0.5, 0.6) is 0 Å². The first kappa shape index (κ1) is 16.8. The number of hydrogen-bond acceptors (Lipinski definition) is 3. The zero-order valence-electron chi connectivity index (χ0n) is 14.7. The molecule has 3 aromatic carbocycles. The van der Waals surface area contributed by atoms with E-state index in [0.717, 1.165) is 33.6 Å². The topological polar surface area (TPSA) is 41.8 Å². The van der Waals surface area contributed by atoms with Gasteiger partial charge in [-0.25, -0.2) is 0 Å². The minimum absolute atomic E-state index is 0.0651. The van der Waals surface area contributed by atoms with E-state index < -0.39 is 0 Å². The van der Waals surface area contributed by atoms with Gasteiger partial charge in [-0.2, -0.15) is 5.11 Å². The Morgan fingerprint density at radius 2 is 1.44 bits per heavy atom. The van der Waals surface area contributed by atoms with Crippen LogP contribution in [0.1, 0.15) is 28.4 Å². The Hall–Kier alpha value is -3.07. The molecule has 0 N–H and O–H groups in total. The van der Waals surface area contributed by atoms with E-state index in [2.05, 4.69) is 10.2 Å². The van der Waals surface area contributed by atoms with Crippen LogP contribution < -0.4 is 0 Å². The number of nitrogens with zero attached hydrogens (tertiary/aromatic N) is 2. The third kappa shape index (κ3) is 3.72. The average Bonchev–Trinajstić information content (AvgIpc) is 2.62. The molecule has 0 aliphatic carbocycles. The molecule has 0 amide bonds. The molecule has 0 aliphatic rings. The molecule has 3 rings (SSSR count). The second kappa shape index (κ2) is 7.22. The molecular weight excluding hydrogens is 308 g/mol. The second-order valence-corrected chi connectivity index (χ2v) is 6.09. The number of ketones is 1. The highest BCUT2D eigenvalue weighted by Gasteiger charge is 2.08. The largest absolute Gasteiger partial charge is 0.295 e. The number of rotatable bonds is 4. The second-order valence-electron chi connectivity index (χ2n) is 6.09. The minimum Gasteiger partial charge on any atom is -0.295 e. The van der Waals surface area contributed by atoms with Gasteiger partial charge in [0.05, 0.1) is 11.4 Å². The summed E-state index contributed by atoms with van der Waals surface area (Å²) < 4.78 is 0. The molecule has 0 radical (unpaired) electrons. The van der Waals surface area contributed by atoms with Crippen molar-refractivity contribution in [1.82, 2.24) is 0 Å². The summed E-state index contributed by atoms with van der Waals surface area (Å²) in [6, 6.07) is 21.6. The van der Waals surface area contributed by atoms with Crippen LogP contribution in [0.3, 0.4) is 0 Å². The van der Waals surface area contributed by atoms with Crippen molar-refractivity contribution in [2.75, 3.05) is 0 Å². The summed E-state index contributed by atoms with van der Waals surface area (Å²) in [6.07, 6.45) is 0. The average molecular weight is 328 g/mol.